The van der Waals surface area contributed by atoms with Crippen LogP contribution in [0, 0.1) is 12.8 Å². The number of aryl methyl sites for hydroxylation is 1. The van der Waals surface area contributed by atoms with E-state index in [9.17, 15) is 0 Å². The normalized spacial score (nSPS) is 23.1. The molecule has 0 spiro atoms. The van der Waals surface area contributed by atoms with E-state index in [1.54, 1.807) is 0 Å². The molecule has 3 heterocycles. The maximum absolute atomic E-state index is 4.30. The van der Waals surface area contributed by atoms with Gasteiger partial charge in [-0.1, -0.05) is 18.2 Å². The average molecular weight is 304 g/mol. The van der Waals surface area contributed by atoms with Crippen LogP contribution in [0.15, 0.2) is 42.5 Å². The van der Waals surface area contributed by atoms with Gasteiger partial charge >= 0.3 is 0 Å². The molecule has 2 atom stereocenters. The van der Waals surface area contributed by atoms with Crippen molar-refractivity contribution in [3.8, 4) is 11.1 Å². The maximum atomic E-state index is 4.30. The first-order chi connectivity index (χ1) is 11.3. The summed E-state index contributed by atoms with van der Waals surface area (Å²) < 4.78 is 0. The van der Waals surface area contributed by atoms with Crippen LogP contribution in [-0.2, 0) is 0 Å². The largest absolute Gasteiger partial charge is 0.370 e. The van der Waals surface area contributed by atoms with Crippen LogP contribution in [0.2, 0.25) is 0 Å². The fourth-order valence-electron chi connectivity index (χ4n) is 3.84. The molecule has 116 valence electrons. The first-order valence-corrected chi connectivity index (χ1v) is 8.31. The van der Waals surface area contributed by atoms with Crippen molar-refractivity contribution in [1.82, 2.24) is 15.5 Å². The Labute approximate surface area is 135 Å². The Morgan fingerprint density at radius 3 is 2.57 bits per heavy atom. The lowest BCUT2D eigenvalue weighted by atomic mass is 9.96. The minimum absolute atomic E-state index is 0.709. The third kappa shape index (κ3) is 2.05. The average Bonchev–Trinajstić information content (AvgIpc) is 3.08. The Kier molecular flexibility index (Phi) is 2.76. The van der Waals surface area contributed by atoms with E-state index in [1.165, 1.54) is 35.3 Å². The van der Waals surface area contributed by atoms with Gasteiger partial charge in [0.25, 0.3) is 0 Å². The number of fused-ring (bicyclic) bond motifs is 2. The van der Waals surface area contributed by atoms with Crippen molar-refractivity contribution >= 4 is 16.6 Å². The molecule has 2 aliphatic heterocycles. The molecule has 2 fully saturated rings. The van der Waals surface area contributed by atoms with E-state index in [0.29, 0.717) is 6.04 Å². The number of H-pyrrole nitrogens is 1. The predicted molar refractivity (Wildman–Crippen MR) is 93.8 cm³/mol. The van der Waals surface area contributed by atoms with Crippen LogP contribution in [0.3, 0.4) is 0 Å². The van der Waals surface area contributed by atoms with Crippen molar-refractivity contribution in [3.63, 3.8) is 0 Å². The molecule has 2 aromatic carbocycles. The summed E-state index contributed by atoms with van der Waals surface area (Å²) in [6.45, 7) is 5.59. The SMILES string of the molecule is Cc1[nH]nc2ccc(-c3ccc(N4CC5CNC5C4)cc3)cc12. The van der Waals surface area contributed by atoms with Crippen LogP contribution in [-0.4, -0.2) is 35.9 Å². The van der Waals surface area contributed by atoms with E-state index >= 15 is 0 Å². The first-order valence-electron chi connectivity index (χ1n) is 8.31. The van der Waals surface area contributed by atoms with Crippen LogP contribution >= 0.6 is 0 Å². The molecule has 4 nitrogen and oxygen atoms in total. The van der Waals surface area contributed by atoms with Gasteiger partial charge in [0.15, 0.2) is 0 Å². The number of nitrogens with zero attached hydrogens (tertiary/aromatic N) is 2. The van der Waals surface area contributed by atoms with Gasteiger partial charge in [0, 0.05) is 48.4 Å². The molecule has 2 saturated heterocycles. The highest BCUT2D eigenvalue weighted by molar-refractivity contribution is 5.86. The second-order valence-electron chi connectivity index (χ2n) is 6.81. The Bertz CT molecular complexity index is 853. The Balaban J connectivity index is 1.45. The molecular formula is C19H20N4. The van der Waals surface area contributed by atoms with E-state index in [4.69, 9.17) is 0 Å². The van der Waals surface area contributed by atoms with E-state index < -0.39 is 0 Å². The monoisotopic (exact) mass is 304 g/mol. The van der Waals surface area contributed by atoms with Gasteiger partial charge in [-0.3, -0.25) is 5.10 Å². The molecule has 0 radical (unpaired) electrons. The molecule has 2 unspecified atom stereocenters. The standard InChI is InChI=1S/C19H20N4/c1-12-17-8-14(4-7-18(17)22-21-12)13-2-5-16(6-3-13)23-10-15-9-20-19(15)11-23/h2-8,15,19-20H,9-11H2,1H3,(H,21,22). The molecule has 0 bridgehead atoms. The van der Waals surface area contributed by atoms with Crippen molar-refractivity contribution in [2.24, 2.45) is 5.92 Å². The summed E-state index contributed by atoms with van der Waals surface area (Å²) in [5.74, 6) is 0.848. The topological polar surface area (TPSA) is 44.0 Å². The summed E-state index contributed by atoms with van der Waals surface area (Å²) in [6.07, 6.45) is 0. The van der Waals surface area contributed by atoms with Crippen molar-refractivity contribution in [1.29, 1.82) is 0 Å². The molecule has 4 heteroatoms. The maximum Gasteiger partial charge on any atom is 0.0924 e. The lowest BCUT2D eigenvalue weighted by molar-refractivity contribution is 0.297. The highest BCUT2D eigenvalue weighted by Crippen LogP contribution is 2.31. The lowest BCUT2D eigenvalue weighted by Gasteiger charge is -2.29. The van der Waals surface area contributed by atoms with Crippen LogP contribution < -0.4 is 10.2 Å². The van der Waals surface area contributed by atoms with Crippen molar-refractivity contribution in [3.05, 3.63) is 48.2 Å². The lowest BCUT2D eigenvalue weighted by Crippen LogP contribution is -2.51. The molecule has 2 aliphatic rings. The molecule has 2 N–H and O–H groups in total. The Morgan fingerprint density at radius 2 is 1.87 bits per heavy atom. The number of rotatable bonds is 2. The summed E-state index contributed by atoms with van der Waals surface area (Å²) in [5, 5.41) is 12.1. The van der Waals surface area contributed by atoms with Gasteiger partial charge in [0.1, 0.15) is 0 Å². The van der Waals surface area contributed by atoms with Crippen LogP contribution in [0.1, 0.15) is 5.69 Å². The smallest absolute Gasteiger partial charge is 0.0924 e. The highest BCUT2D eigenvalue weighted by Gasteiger charge is 2.38. The quantitative estimate of drug-likeness (QED) is 0.765. The van der Waals surface area contributed by atoms with E-state index in [-0.39, 0.29) is 0 Å². The van der Waals surface area contributed by atoms with Gasteiger partial charge in [0.05, 0.1) is 5.52 Å². The van der Waals surface area contributed by atoms with Crippen molar-refractivity contribution < 1.29 is 0 Å². The van der Waals surface area contributed by atoms with Gasteiger partial charge in [0.2, 0.25) is 0 Å². The number of hydrogen-bond acceptors (Lipinski definition) is 3. The summed E-state index contributed by atoms with van der Waals surface area (Å²) in [5.41, 5.74) is 6.00. The van der Waals surface area contributed by atoms with Gasteiger partial charge in [-0.25, -0.2) is 0 Å². The molecule has 0 amide bonds. The summed E-state index contributed by atoms with van der Waals surface area (Å²) in [7, 11) is 0. The minimum Gasteiger partial charge on any atom is -0.370 e. The molecular weight excluding hydrogens is 284 g/mol. The van der Waals surface area contributed by atoms with Gasteiger partial charge < -0.3 is 10.2 Å². The number of aromatic nitrogens is 2. The van der Waals surface area contributed by atoms with E-state index in [2.05, 4.69) is 69.8 Å². The number of aromatic amines is 1. The van der Waals surface area contributed by atoms with Crippen LogP contribution in [0.4, 0.5) is 5.69 Å². The van der Waals surface area contributed by atoms with Crippen molar-refractivity contribution in [2.45, 2.75) is 13.0 Å². The summed E-state index contributed by atoms with van der Waals surface area (Å²) >= 11 is 0. The molecule has 0 saturated carbocycles. The Hall–Kier alpha value is -2.33. The zero-order valence-corrected chi connectivity index (χ0v) is 13.2. The molecule has 23 heavy (non-hydrogen) atoms. The third-order valence-electron chi connectivity index (χ3n) is 5.39. The van der Waals surface area contributed by atoms with Crippen LogP contribution in [0.5, 0.6) is 0 Å². The van der Waals surface area contributed by atoms with E-state index in [0.717, 1.165) is 23.7 Å². The minimum atomic E-state index is 0.709. The number of anilines is 1. The molecule has 3 aromatic rings. The highest BCUT2D eigenvalue weighted by atomic mass is 15.2. The van der Waals surface area contributed by atoms with Crippen molar-refractivity contribution in [2.75, 3.05) is 24.5 Å². The second-order valence-corrected chi connectivity index (χ2v) is 6.81. The molecule has 5 rings (SSSR count). The van der Waals surface area contributed by atoms with Gasteiger partial charge in [-0.05, 0) is 42.3 Å². The number of benzene rings is 2. The summed E-state index contributed by atoms with van der Waals surface area (Å²) in [6, 6.07) is 16.2. The van der Waals surface area contributed by atoms with Crippen LogP contribution in [0.25, 0.3) is 22.0 Å². The number of nitrogens with one attached hydrogen (secondary N) is 2. The zero-order chi connectivity index (χ0) is 15.4. The second kappa shape index (κ2) is 4.83. The molecule has 1 aromatic heterocycles. The fraction of sp³-hybridized carbons (Fsp3) is 0.316. The third-order valence-corrected chi connectivity index (χ3v) is 5.39. The van der Waals surface area contributed by atoms with Gasteiger partial charge in [-0.15, -0.1) is 0 Å². The fourth-order valence-corrected chi connectivity index (χ4v) is 3.84. The summed E-state index contributed by atoms with van der Waals surface area (Å²) in [4.78, 5) is 2.50. The molecule has 0 aliphatic carbocycles. The Morgan fingerprint density at radius 1 is 1.04 bits per heavy atom. The number of hydrogen-bond donors (Lipinski definition) is 2. The predicted octanol–water partition coefficient (Wildman–Crippen LogP) is 2.95. The van der Waals surface area contributed by atoms with Gasteiger partial charge in [-0.2, -0.15) is 5.10 Å². The first kappa shape index (κ1) is 13.1. The zero-order valence-electron chi connectivity index (χ0n) is 13.2. The van der Waals surface area contributed by atoms with E-state index in [1.807, 2.05) is 0 Å².